The summed E-state index contributed by atoms with van der Waals surface area (Å²) in [7, 11) is -12.8. The number of allylic oxidation sites excluding steroid dienone is 2. The maximum Gasteiger partial charge on any atom is 0.356 e. The van der Waals surface area contributed by atoms with Gasteiger partial charge in [-0.25, -0.2) is 0 Å². The minimum Gasteiger partial charge on any atom is -0.489 e. The molecule has 54 heavy (non-hydrogen) atoms. The first kappa shape index (κ1) is 46.7. The standard InChI is InChI=1S/C41H72O7Si6/c1-17-19-39(53(15,45-49(3,4)5)46-50(6,7)8)43-37-27-21-33(22-28-37)31-35-25-26-36(41(35)42)32-34-23-29-38(30-24-34)44-40(20-18-2)54(16,47-51(9,10)11)48-52(12,13)14/h21-24,27-32,39-40H,17-20,25-26H2,1-16H3. The smallest absolute Gasteiger partial charge is 0.356 e. The fraction of sp³-hybridized carbons (Fsp3) is 0.585. The van der Waals surface area contributed by atoms with E-state index in [1.807, 2.05) is 60.7 Å². The van der Waals surface area contributed by atoms with E-state index in [2.05, 4.69) is 106 Å². The fourth-order valence-electron chi connectivity index (χ4n) is 7.11. The largest absolute Gasteiger partial charge is 0.489 e. The van der Waals surface area contributed by atoms with Crippen LogP contribution in [0, 0.1) is 0 Å². The Morgan fingerprint density at radius 2 is 0.778 bits per heavy atom. The Morgan fingerprint density at radius 1 is 0.500 bits per heavy atom. The van der Waals surface area contributed by atoms with Crippen LogP contribution in [-0.2, 0) is 21.3 Å². The Morgan fingerprint density at radius 3 is 1.02 bits per heavy atom. The normalized spacial score (nSPS) is 17.7. The van der Waals surface area contributed by atoms with E-state index >= 15 is 0 Å². The zero-order valence-corrected chi connectivity index (χ0v) is 42.5. The Bertz CT molecular complexity index is 1430. The Labute approximate surface area is 335 Å². The molecule has 1 aliphatic rings. The minimum absolute atomic E-state index is 0.109. The third-order valence-electron chi connectivity index (χ3n) is 8.55. The first-order chi connectivity index (χ1) is 24.7. The summed E-state index contributed by atoms with van der Waals surface area (Å²) in [6.45, 7) is 35.5. The predicted molar refractivity (Wildman–Crippen MR) is 243 cm³/mol. The van der Waals surface area contributed by atoms with Gasteiger partial charge in [-0.1, -0.05) is 51.0 Å². The van der Waals surface area contributed by atoms with Crippen LogP contribution in [0.1, 0.15) is 63.5 Å². The first-order valence-electron chi connectivity index (χ1n) is 20.0. The number of Topliss-reactive ketones (excluding diaryl/α,β-unsaturated/α-hetero) is 1. The lowest BCUT2D eigenvalue weighted by Crippen LogP contribution is -2.61. The Hall–Kier alpha value is -1.67. The van der Waals surface area contributed by atoms with Crippen molar-refractivity contribution in [3.05, 3.63) is 70.8 Å². The van der Waals surface area contributed by atoms with E-state index in [1.54, 1.807) is 0 Å². The van der Waals surface area contributed by atoms with Crippen LogP contribution in [0.5, 0.6) is 11.5 Å². The molecule has 2 aromatic carbocycles. The van der Waals surface area contributed by atoms with Crippen LogP contribution >= 0.6 is 0 Å². The fourth-order valence-corrected chi connectivity index (χ4v) is 32.1. The molecule has 2 unspecified atom stereocenters. The summed E-state index contributed by atoms with van der Waals surface area (Å²) in [5.41, 5.74) is 3.44. The highest BCUT2D eigenvalue weighted by Gasteiger charge is 2.49. The maximum atomic E-state index is 13.5. The number of benzene rings is 2. The van der Waals surface area contributed by atoms with Gasteiger partial charge in [0.2, 0.25) is 0 Å². The van der Waals surface area contributed by atoms with Gasteiger partial charge in [-0.2, -0.15) is 0 Å². The lowest BCUT2D eigenvalue weighted by molar-refractivity contribution is -0.111. The maximum absolute atomic E-state index is 13.5. The number of hydrogen-bond donors (Lipinski definition) is 0. The molecular formula is C41H72O7Si6. The van der Waals surface area contributed by atoms with Crippen LogP contribution in [0.4, 0.5) is 0 Å². The van der Waals surface area contributed by atoms with Crippen LogP contribution < -0.4 is 9.47 Å². The molecule has 7 nitrogen and oxygen atoms in total. The van der Waals surface area contributed by atoms with Gasteiger partial charge in [0.25, 0.3) is 0 Å². The highest BCUT2D eigenvalue weighted by molar-refractivity contribution is 6.89. The molecular weight excluding hydrogens is 773 g/mol. The summed E-state index contributed by atoms with van der Waals surface area (Å²) in [6.07, 6.45) is 9.23. The molecule has 0 N–H and O–H groups in total. The molecule has 2 atom stereocenters. The van der Waals surface area contributed by atoms with Crippen molar-refractivity contribution in [2.24, 2.45) is 0 Å². The van der Waals surface area contributed by atoms with Crippen molar-refractivity contribution in [2.75, 3.05) is 0 Å². The molecule has 0 saturated heterocycles. The highest BCUT2D eigenvalue weighted by Crippen LogP contribution is 2.33. The lowest BCUT2D eigenvalue weighted by atomic mass is 10.1. The van der Waals surface area contributed by atoms with Crippen molar-refractivity contribution in [3.8, 4) is 11.5 Å². The van der Waals surface area contributed by atoms with Gasteiger partial charge in [0.15, 0.2) is 39.1 Å². The number of ether oxygens (including phenoxy) is 2. The lowest BCUT2D eigenvalue weighted by Gasteiger charge is -2.42. The second-order valence-electron chi connectivity index (χ2n) is 19.0. The Balaban J connectivity index is 1.75. The van der Waals surface area contributed by atoms with Crippen LogP contribution in [-0.4, -0.2) is 67.6 Å². The van der Waals surface area contributed by atoms with Gasteiger partial charge in [-0.15, -0.1) is 0 Å². The molecule has 0 bridgehead atoms. The number of rotatable bonds is 20. The molecule has 0 aliphatic heterocycles. The monoisotopic (exact) mass is 844 g/mol. The van der Waals surface area contributed by atoms with Crippen molar-refractivity contribution in [1.29, 1.82) is 0 Å². The summed E-state index contributed by atoms with van der Waals surface area (Å²) in [5.74, 6) is 1.72. The zero-order chi connectivity index (χ0) is 40.8. The molecule has 0 aromatic heterocycles. The molecule has 1 fully saturated rings. The first-order valence-corrected chi connectivity index (χ1v) is 38.5. The number of carbonyl (C=O) groups is 1. The van der Waals surface area contributed by atoms with Gasteiger partial charge in [-0.05, 0) is 165 Å². The number of ketones is 1. The van der Waals surface area contributed by atoms with Crippen molar-refractivity contribution in [3.63, 3.8) is 0 Å². The van der Waals surface area contributed by atoms with Crippen molar-refractivity contribution >= 4 is 68.3 Å². The number of carbonyl (C=O) groups excluding carboxylic acids is 1. The average molecular weight is 846 g/mol. The van der Waals surface area contributed by atoms with E-state index in [1.165, 1.54) is 0 Å². The zero-order valence-electron chi connectivity index (χ0n) is 36.5. The van der Waals surface area contributed by atoms with Gasteiger partial charge in [0.1, 0.15) is 23.0 Å². The number of hydrogen-bond acceptors (Lipinski definition) is 7. The van der Waals surface area contributed by atoms with Crippen LogP contribution in [0.25, 0.3) is 12.2 Å². The average Bonchev–Trinajstić information content (AvgIpc) is 3.32. The SMILES string of the molecule is CCCC(Oc1ccc(C=C2CCC(=Cc3ccc(OC(CCC)[Si](C)(O[Si](C)(C)C)O[Si](C)(C)C)cc3)C2=O)cc1)[Si](C)(O[Si](C)(C)C)O[Si](C)(C)C. The van der Waals surface area contributed by atoms with Gasteiger partial charge in [-0.3, -0.25) is 4.79 Å². The van der Waals surface area contributed by atoms with Crippen LogP contribution in [0.3, 0.4) is 0 Å². The van der Waals surface area contributed by atoms with Gasteiger partial charge < -0.3 is 25.9 Å². The summed E-state index contributed by atoms with van der Waals surface area (Å²) in [6, 6.07) is 16.2. The topological polar surface area (TPSA) is 72.5 Å². The summed E-state index contributed by atoms with van der Waals surface area (Å²) < 4.78 is 40.7. The van der Waals surface area contributed by atoms with Crippen LogP contribution in [0.2, 0.25) is 91.7 Å². The molecule has 1 aliphatic carbocycles. The van der Waals surface area contributed by atoms with E-state index in [0.717, 1.165) is 72.3 Å². The van der Waals surface area contributed by atoms with Crippen molar-refractivity contribution < 1.29 is 30.7 Å². The molecule has 0 spiro atoms. The molecule has 0 amide bonds. The minimum atomic E-state index is -2.66. The summed E-state index contributed by atoms with van der Waals surface area (Å²) in [5, 5.41) is 0. The highest BCUT2D eigenvalue weighted by atomic mass is 28.5. The van der Waals surface area contributed by atoms with Gasteiger partial charge in [0, 0.05) is 11.1 Å². The molecule has 2 aromatic rings. The molecule has 13 heteroatoms. The predicted octanol–water partition coefficient (Wildman–Crippen LogP) is 12.2. The quantitative estimate of drug-likeness (QED) is 0.0971. The molecule has 302 valence electrons. The third-order valence-corrected chi connectivity index (χ3v) is 28.0. The summed E-state index contributed by atoms with van der Waals surface area (Å²) >= 11 is 0. The molecule has 0 heterocycles. The van der Waals surface area contributed by atoms with E-state index in [4.69, 9.17) is 25.9 Å². The van der Waals surface area contributed by atoms with E-state index in [9.17, 15) is 4.79 Å². The third kappa shape index (κ3) is 15.3. The summed E-state index contributed by atoms with van der Waals surface area (Å²) in [4.78, 5) is 13.5. The van der Waals surface area contributed by atoms with Crippen LogP contribution in [0.15, 0.2) is 59.7 Å². The van der Waals surface area contributed by atoms with Gasteiger partial charge in [0.05, 0.1) is 0 Å². The molecule has 0 radical (unpaired) electrons. The molecule has 3 rings (SSSR count). The van der Waals surface area contributed by atoms with Crippen molar-refractivity contribution in [2.45, 2.75) is 155 Å². The van der Waals surface area contributed by atoms with Gasteiger partial charge >= 0.3 is 17.1 Å². The van der Waals surface area contributed by atoms with Crippen molar-refractivity contribution in [1.82, 2.24) is 0 Å². The second-order valence-corrected chi connectivity index (χ2v) is 44.5. The van der Waals surface area contributed by atoms with E-state index in [0.29, 0.717) is 0 Å². The van der Waals surface area contributed by atoms with E-state index in [-0.39, 0.29) is 17.2 Å². The molecule has 1 saturated carbocycles. The second kappa shape index (κ2) is 18.7. The Kier molecular flexibility index (Phi) is 16.2. The van der Waals surface area contributed by atoms with E-state index < -0.39 is 50.4 Å².